The molecule has 21 heavy (non-hydrogen) atoms. The number of benzene rings is 1. The number of aryl methyl sites for hydroxylation is 2. The fourth-order valence-corrected chi connectivity index (χ4v) is 3.12. The molecule has 2 nitrogen and oxygen atoms in total. The van der Waals surface area contributed by atoms with Crippen LogP contribution in [0.15, 0.2) is 30.5 Å². The highest BCUT2D eigenvalue weighted by Gasteiger charge is 2.07. The van der Waals surface area contributed by atoms with Crippen molar-refractivity contribution in [3.63, 3.8) is 0 Å². The molecule has 1 aromatic heterocycles. The lowest BCUT2D eigenvalue weighted by Crippen LogP contribution is -2.17. The summed E-state index contributed by atoms with van der Waals surface area (Å²) >= 11 is 1.81. The first-order chi connectivity index (χ1) is 10.2. The van der Waals surface area contributed by atoms with Crippen LogP contribution in [0, 0.1) is 0 Å². The average molecular weight is 302 g/mol. The van der Waals surface area contributed by atoms with Gasteiger partial charge in [-0.3, -0.25) is 0 Å². The second-order valence-electron chi connectivity index (χ2n) is 5.52. The van der Waals surface area contributed by atoms with E-state index in [9.17, 15) is 0 Å². The number of nitrogens with zero attached hydrogens (tertiary/aromatic N) is 1. The largest absolute Gasteiger partial charge is 0.304 e. The van der Waals surface area contributed by atoms with Gasteiger partial charge in [0.25, 0.3) is 0 Å². The zero-order valence-electron chi connectivity index (χ0n) is 13.4. The van der Waals surface area contributed by atoms with Crippen molar-refractivity contribution in [3.05, 3.63) is 51.5 Å². The molecule has 1 heterocycles. The van der Waals surface area contributed by atoms with Crippen molar-refractivity contribution in [3.8, 4) is 0 Å². The summed E-state index contributed by atoms with van der Waals surface area (Å²) in [7, 11) is 0. The molecule has 1 atom stereocenters. The summed E-state index contributed by atoms with van der Waals surface area (Å²) in [6, 6.07) is 9.40. The van der Waals surface area contributed by atoms with E-state index in [0.29, 0.717) is 6.04 Å². The Morgan fingerprint density at radius 2 is 1.95 bits per heavy atom. The highest BCUT2D eigenvalue weighted by atomic mass is 32.1. The van der Waals surface area contributed by atoms with Gasteiger partial charge in [-0.15, -0.1) is 11.3 Å². The Bertz CT molecular complexity index is 530. The van der Waals surface area contributed by atoms with E-state index in [-0.39, 0.29) is 0 Å². The summed E-state index contributed by atoms with van der Waals surface area (Å²) in [5, 5.41) is 4.74. The minimum absolute atomic E-state index is 0.360. The molecular weight excluding hydrogens is 276 g/mol. The van der Waals surface area contributed by atoms with Gasteiger partial charge in [0.1, 0.15) is 5.01 Å². The molecule has 1 N–H and O–H groups in total. The first-order valence-electron chi connectivity index (χ1n) is 7.98. The third kappa shape index (κ3) is 4.94. The maximum atomic E-state index is 4.46. The standard InChI is InChI=1S/C18H26N2S/c1-4-6-7-15-8-10-16(11-9-15)14(3)19-13-18-20-12-17(5-2)21-18/h8-12,14,19H,4-7,13H2,1-3H3. The molecule has 0 saturated heterocycles. The van der Waals surface area contributed by atoms with Gasteiger partial charge in [0.15, 0.2) is 0 Å². The number of rotatable bonds is 8. The SMILES string of the molecule is CCCCc1ccc(C(C)NCc2ncc(CC)s2)cc1. The van der Waals surface area contributed by atoms with Gasteiger partial charge in [0.05, 0.1) is 0 Å². The van der Waals surface area contributed by atoms with Crippen LogP contribution >= 0.6 is 11.3 Å². The highest BCUT2D eigenvalue weighted by molar-refractivity contribution is 7.11. The fraction of sp³-hybridized carbons (Fsp3) is 0.500. The molecule has 0 saturated carbocycles. The molecule has 0 aliphatic heterocycles. The van der Waals surface area contributed by atoms with Crippen LogP contribution in [0.25, 0.3) is 0 Å². The molecule has 1 unspecified atom stereocenters. The lowest BCUT2D eigenvalue weighted by atomic mass is 10.0. The van der Waals surface area contributed by atoms with Crippen LogP contribution in [-0.2, 0) is 19.4 Å². The van der Waals surface area contributed by atoms with Gasteiger partial charge in [-0.25, -0.2) is 4.98 Å². The number of unbranched alkanes of at least 4 members (excludes halogenated alkanes) is 1. The second kappa shape index (κ2) is 8.30. The predicted octanol–water partition coefficient (Wildman–Crippen LogP) is 4.90. The Morgan fingerprint density at radius 1 is 1.19 bits per heavy atom. The predicted molar refractivity (Wildman–Crippen MR) is 91.8 cm³/mol. The van der Waals surface area contributed by atoms with Gasteiger partial charge in [-0.2, -0.15) is 0 Å². The molecule has 2 rings (SSSR count). The van der Waals surface area contributed by atoms with E-state index in [1.165, 1.54) is 40.3 Å². The van der Waals surface area contributed by atoms with E-state index < -0.39 is 0 Å². The Balaban J connectivity index is 1.86. The number of hydrogen-bond acceptors (Lipinski definition) is 3. The van der Waals surface area contributed by atoms with E-state index >= 15 is 0 Å². The average Bonchev–Trinajstić information content (AvgIpc) is 2.99. The van der Waals surface area contributed by atoms with Crippen molar-refractivity contribution in [1.29, 1.82) is 0 Å². The number of aromatic nitrogens is 1. The quantitative estimate of drug-likeness (QED) is 0.750. The van der Waals surface area contributed by atoms with Crippen LogP contribution in [-0.4, -0.2) is 4.98 Å². The van der Waals surface area contributed by atoms with Crippen molar-refractivity contribution in [2.24, 2.45) is 0 Å². The maximum absolute atomic E-state index is 4.46. The maximum Gasteiger partial charge on any atom is 0.107 e. The molecule has 0 fully saturated rings. The zero-order valence-corrected chi connectivity index (χ0v) is 14.2. The molecule has 0 aliphatic carbocycles. The lowest BCUT2D eigenvalue weighted by Gasteiger charge is -2.14. The highest BCUT2D eigenvalue weighted by Crippen LogP contribution is 2.17. The van der Waals surface area contributed by atoms with Crippen molar-refractivity contribution < 1.29 is 0 Å². The Labute approximate surface area is 132 Å². The third-order valence-electron chi connectivity index (χ3n) is 3.81. The van der Waals surface area contributed by atoms with Gasteiger partial charge in [-0.05, 0) is 37.3 Å². The Kier molecular flexibility index (Phi) is 6.40. The van der Waals surface area contributed by atoms with Crippen LogP contribution in [0.5, 0.6) is 0 Å². The summed E-state index contributed by atoms with van der Waals surface area (Å²) < 4.78 is 0. The van der Waals surface area contributed by atoms with E-state index in [1.807, 2.05) is 17.5 Å². The minimum atomic E-state index is 0.360. The Hall–Kier alpha value is -1.19. The molecule has 2 aromatic rings. The summed E-state index contributed by atoms with van der Waals surface area (Å²) in [6.45, 7) is 7.48. The molecule has 3 heteroatoms. The van der Waals surface area contributed by atoms with Gasteiger partial charge in [-0.1, -0.05) is 44.5 Å². The van der Waals surface area contributed by atoms with E-state index in [4.69, 9.17) is 0 Å². The Morgan fingerprint density at radius 3 is 2.57 bits per heavy atom. The summed E-state index contributed by atoms with van der Waals surface area (Å²) in [6.07, 6.45) is 6.79. The van der Waals surface area contributed by atoms with Crippen LogP contribution in [0.4, 0.5) is 0 Å². The topological polar surface area (TPSA) is 24.9 Å². The van der Waals surface area contributed by atoms with Crippen LogP contribution in [0.3, 0.4) is 0 Å². The summed E-state index contributed by atoms with van der Waals surface area (Å²) in [5.41, 5.74) is 2.79. The molecule has 1 aromatic carbocycles. The second-order valence-corrected chi connectivity index (χ2v) is 6.72. The van der Waals surface area contributed by atoms with Crippen LogP contribution < -0.4 is 5.32 Å². The van der Waals surface area contributed by atoms with Crippen molar-refractivity contribution >= 4 is 11.3 Å². The van der Waals surface area contributed by atoms with Gasteiger partial charge < -0.3 is 5.32 Å². The molecule has 0 aliphatic rings. The molecule has 0 radical (unpaired) electrons. The number of nitrogens with one attached hydrogen (secondary N) is 1. The molecule has 0 amide bonds. The molecule has 114 valence electrons. The zero-order chi connectivity index (χ0) is 15.1. The molecular formula is C18H26N2S. The van der Waals surface area contributed by atoms with E-state index in [1.54, 1.807) is 0 Å². The third-order valence-corrected chi connectivity index (χ3v) is 4.95. The normalized spacial score (nSPS) is 12.5. The van der Waals surface area contributed by atoms with Crippen molar-refractivity contribution in [1.82, 2.24) is 10.3 Å². The van der Waals surface area contributed by atoms with Crippen molar-refractivity contribution in [2.45, 2.75) is 59.0 Å². The smallest absolute Gasteiger partial charge is 0.107 e. The monoisotopic (exact) mass is 302 g/mol. The van der Waals surface area contributed by atoms with E-state index in [0.717, 1.165) is 13.0 Å². The molecule has 0 bridgehead atoms. The lowest BCUT2D eigenvalue weighted by molar-refractivity contribution is 0.573. The fourth-order valence-electron chi connectivity index (χ4n) is 2.31. The van der Waals surface area contributed by atoms with Gasteiger partial charge in [0, 0.05) is 23.7 Å². The van der Waals surface area contributed by atoms with Crippen molar-refractivity contribution in [2.75, 3.05) is 0 Å². The summed E-state index contributed by atoms with van der Waals surface area (Å²) in [5.74, 6) is 0. The van der Waals surface area contributed by atoms with Crippen LogP contribution in [0.2, 0.25) is 0 Å². The van der Waals surface area contributed by atoms with Gasteiger partial charge in [0.2, 0.25) is 0 Å². The summed E-state index contributed by atoms with van der Waals surface area (Å²) in [4.78, 5) is 5.82. The first-order valence-corrected chi connectivity index (χ1v) is 8.80. The number of hydrogen-bond donors (Lipinski definition) is 1. The molecule has 0 spiro atoms. The van der Waals surface area contributed by atoms with Crippen LogP contribution in [0.1, 0.15) is 60.7 Å². The van der Waals surface area contributed by atoms with Gasteiger partial charge >= 0.3 is 0 Å². The minimum Gasteiger partial charge on any atom is -0.304 e. The van der Waals surface area contributed by atoms with E-state index in [2.05, 4.69) is 55.3 Å². The first kappa shape index (κ1) is 16.2. The number of thiazole rings is 1.